The zero-order valence-corrected chi connectivity index (χ0v) is 33.6. The second-order valence-electron chi connectivity index (χ2n) is 19.6. The highest BCUT2D eigenvalue weighted by atomic mass is 32.2. The van der Waals surface area contributed by atoms with E-state index in [0.29, 0.717) is 47.1 Å². The van der Waals surface area contributed by atoms with Gasteiger partial charge in [0.25, 0.3) is 0 Å². The molecule has 7 atom stereocenters. The summed E-state index contributed by atoms with van der Waals surface area (Å²) in [5, 5.41) is 0.618. The Hall–Kier alpha value is -2.33. The predicted molar refractivity (Wildman–Crippen MR) is 225 cm³/mol. The minimum atomic E-state index is 0.142. The summed E-state index contributed by atoms with van der Waals surface area (Å²) < 4.78 is 0. The summed E-state index contributed by atoms with van der Waals surface area (Å²) in [5.41, 5.74) is 10.9. The smallest absolute Gasteiger partial charge is 0.207 e. The van der Waals surface area contributed by atoms with E-state index in [1.54, 1.807) is 33.0 Å². The first-order valence-corrected chi connectivity index (χ1v) is 23.4. The SMILES string of the molecule is CC1(C)N2C3=CC(C4=CC=CCC4)CC4=C3B(C3C=C(C5=CC=CCC5)CC(C32)C12CCCCC2)C1SC(C2CCCCC2)=CC1N4C1C=CCCC1. The zero-order chi connectivity index (χ0) is 35.3. The van der Waals surface area contributed by atoms with E-state index in [0.717, 1.165) is 11.8 Å². The van der Waals surface area contributed by atoms with E-state index >= 15 is 0 Å². The average Bonchev–Trinajstić information content (AvgIpc) is 3.73. The van der Waals surface area contributed by atoms with Gasteiger partial charge in [-0.1, -0.05) is 111 Å². The van der Waals surface area contributed by atoms with Gasteiger partial charge in [-0.3, -0.25) is 0 Å². The van der Waals surface area contributed by atoms with Gasteiger partial charge in [0.1, 0.15) is 0 Å². The van der Waals surface area contributed by atoms with Crippen molar-refractivity contribution in [1.82, 2.24) is 9.80 Å². The van der Waals surface area contributed by atoms with Crippen molar-refractivity contribution in [2.24, 2.45) is 23.2 Å². The maximum atomic E-state index is 3.19. The van der Waals surface area contributed by atoms with E-state index in [9.17, 15) is 0 Å². The molecule has 0 aromatic rings. The molecular weight excluding hydrogens is 659 g/mol. The fourth-order valence-corrected chi connectivity index (χ4v) is 16.5. The van der Waals surface area contributed by atoms with Crippen molar-refractivity contribution in [1.29, 1.82) is 0 Å². The van der Waals surface area contributed by atoms with Crippen LogP contribution in [0.4, 0.5) is 0 Å². The fourth-order valence-electron chi connectivity index (χ4n) is 14.7. The predicted octanol–water partition coefficient (Wildman–Crippen LogP) is 12.4. The highest BCUT2D eigenvalue weighted by molar-refractivity contribution is 8.05. The lowest BCUT2D eigenvalue weighted by molar-refractivity contribution is 0.0286. The number of hydrogen-bond donors (Lipinski definition) is 0. The summed E-state index contributed by atoms with van der Waals surface area (Å²) in [6.07, 6.45) is 54.1. The van der Waals surface area contributed by atoms with E-state index in [1.165, 1.54) is 122 Å². The molecule has 7 aliphatic carbocycles. The highest BCUT2D eigenvalue weighted by Crippen LogP contribution is 2.70. The Bertz CT molecular complexity index is 1800. The molecule has 7 unspecified atom stereocenters. The normalized spacial score (nSPS) is 38.2. The van der Waals surface area contributed by atoms with Crippen LogP contribution in [-0.4, -0.2) is 45.3 Å². The van der Waals surface area contributed by atoms with Crippen LogP contribution in [0.25, 0.3) is 0 Å². The Morgan fingerprint density at radius 1 is 0.774 bits per heavy atom. The van der Waals surface area contributed by atoms with Crippen LogP contribution in [-0.2, 0) is 0 Å². The van der Waals surface area contributed by atoms with Crippen LogP contribution in [0.3, 0.4) is 0 Å². The van der Waals surface area contributed by atoms with Gasteiger partial charge in [-0.25, -0.2) is 0 Å². The second kappa shape index (κ2) is 13.1. The number of thioether (sulfide) groups is 1. The Morgan fingerprint density at radius 3 is 2.34 bits per heavy atom. The van der Waals surface area contributed by atoms with Crippen molar-refractivity contribution in [3.8, 4) is 0 Å². The summed E-state index contributed by atoms with van der Waals surface area (Å²) in [5.74, 6) is 2.64. The van der Waals surface area contributed by atoms with Gasteiger partial charge in [0, 0.05) is 40.1 Å². The number of allylic oxidation sites excluding steroid dienone is 14. The standard InChI is InChI=1S/C49H63BN2S/c1-48(2)49(26-16-7-17-27-49)39-28-36(33-18-8-3-9-19-33)29-40-46(39)52(48)42-31-37(34-20-10-4-11-21-34)30-41-45(42)50(40)47-43(51(41)38-24-14-6-15-25-38)32-44(53-47)35-22-12-5-13-23-35/h3-4,8,10,14,18,20,24,29,31-32,35,37-40,43,46-47H,5-7,9,11-13,15-17,19,21-23,25-28,30H2,1-2H3. The number of hydrogen-bond acceptors (Lipinski definition) is 3. The van der Waals surface area contributed by atoms with Gasteiger partial charge in [0.05, 0.1) is 6.04 Å². The largest absolute Gasteiger partial charge is 0.363 e. The molecule has 1 spiro atoms. The quantitative estimate of drug-likeness (QED) is 0.211. The monoisotopic (exact) mass is 722 g/mol. The van der Waals surface area contributed by atoms with Crippen molar-refractivity contribution in [3.05, 3.63) is 105 Å². The molecular formula is C49H63BN2S. The Balaban J connectivity index is 1.14. The summed E-state index contributed by atoms with van der Waals surface area (Å²) in [4.78, 5) is 8.09. The van der Waals surface area contributed by atoms with E-state index in [4.69, 9.17) is 0 Å². The van der Waals surface area contributed by atoms with Crippen molar-refractivity contribution in [2.45, 2.75) is 170 Å². The topological polar surface area (TPSA) is 6.48 Å². The van der Waals surface area contributed by atoms with E-state index in [2.05, 4.69) is 102 Å². The van der Waals surface area contributed by atoms with Crippen LogP contribution < -0.4 is 0 Å². The number of fused-ring (bicyclic) bond motifs is 5. The number of nitrogens with zero attached hydrogens (tertiary/aromatic N) is 2. The first kappa shape index (κ1) is 34.0. The third kappa shape index (κ3) is 5.11. The second-order valence-corrected chi connectivity index (χ2v) is 20.9. The molecule has 4 aliphatic heterocycles. The van der Waals surface area contributed by atoms with Crippen LogP contribution in [0.15, 0.2) is 105 Å². The summed E-state index contributed by atoms with van der Waals surface area (Å²) in [7, 11) is 0. The molecule has 11 aliphatic rings. The molecule has 4 heterocycles. The van der Waals surface area contributed by atoms with Crippen molar-refractivity contribution in [2.75, 3.05) is 0 Å². The maximum absolute atomic E-state index is 3.19. The average molecular weight is 723 g/mol. The number of rotatable bonds is 4. The maximum Gasteiger partial charge on any atom is 0.207 e. The molecule has 0 aromatic heterocycles. The highest BCUT2D eigenvalue weighted by Gasteiger charge is 2.71. The van der Waals surface area contributed by atoms with Crippen LogP contribution in [0.2, 0.25) is 5.82 Å². The van der Waals surface area contributed by atoms with E-state index in [-0.39, 0.29) is 5.54 Å². The minimum absolute atomic E-state index is 0.142. The lowest BCUT2D eigenvalue weighted by Gasteiger charge is -2.59. The first-order valence-electron chi connectivity index (χ1n) is 22.5. The Morgan fingerprint density at radius 2 is 1.58 bits per heavy atom. The molecule has 11 rings (SSSR count). The summed E-state index contributed by atoms with van der Waals surface area (Å²) >= 11 is 2.40. The Kier molecular flexibility index (Phi) is 8.41. The van der Waals surface area contributed by atoms with Crippen molar-refractivity contribution in [3.63, 3.8) is 0 Å². The molecule has 0 radical (unpaired) electrons. The molecule has 2 saturated heterocycles. The third-order valence-electron chi connectivity index (χ3n) is 17.1. The van der Waals surface area contributed by atoms with Gasteiger partial charge in [0.15, 0.2) is 0 Å². The lowest BCUT2D eigenvalue weighted by Crippen LogP contribution is -2.64. The molecule has 0 bridgehead atoms. The zero-order valence-electron chi connectivity index (χ0n) is 32.8. The summed E-state index contributed by atoms with van der Waals surface area (Å²) in [6.45, 7) is 6.08. The molecule has 4 heteroatoms. The van der Waals surface area contributed by atoms with Gasteiger partial charge < -0.3 is 9.80 Å². The lowest BCUT2D eigenvalue weighted by atomic mass is 9.27. The van der Waals surface area contributed by atoms with Gasteiger partial charge >= 0.3 is 0 Å². The molecule has 2 saturated carbocycles. The molecule has 4 fully saturated rings. The van der Waals surface area contributed by atoms with Crippen LogP contribution in [0, 0.1) is 23.2 Å². The van der Waals surface area contributed by atoms with Crippen LogP contribution >= 0.6 is 11.8 Å². The molecule has 0 aromatic carbocycles. The van der Waals surface area contributed by atoms with Gasteiger partial charge in [-0.05, 0) is 142 Å². The summed E-state index contributed by atoms with van der Waals surface area (Å²) in [6, 6.07) is 1.67. The van der Waals surface area contributed by atoms with Crippen molar-refractivity contribution < 1.29 is 0 Å². The van der Waals surface area contributed by atoms with E-state index < -0.39 is 0 Å². The van der Waals surface area contributed by atoms with Crippen molar-refractivity contribution >= 4 is 18.5 Å². The fraction of sp³-hybridized carbons (Fsp3) is 0.633. The minimum Gasteiger partial charge on any atom is -0.363 e. The molecule has 2 nitrogen and oxygen atoms in total. The van der Waals surface area contributed by atoms with Gasteiger partial charge in [-0.15, -0.1) is 11.8 Å². The van der Waals surface area contributed by atoms with E-state index in [1.807, 2.05) is 5.47 Å². The van der Waals surface area contributed by atoms with Crippen LogP contribution in [0.1, 0.15) is 136 Å². The van der Waals surface area contributed by atoms with Gasteiger partial charge in [-0.2, -0.15) is 0 Å². The van der Waals surface area contributed by atoms with Crippen LogP contribution in [0.5, 0.6) is 0 Å². The Labute approximate surface area is 325 Å². The third-order valence-corrected chi connectivity index (χ3v) is 18.6. The molecule has 278 valence electrons. The molecule has 0 amide bonds. The van der Waals surface area contributed by atoms with Gasteiger partial charge in [0.2, 0.25) is 6.71 Å². The molecule has 53 heavy (non-hydrogen) atoms. The first-order chi connectivity index (χ1) is 26.0. The molecule has 0 N–H and O–H groups in total.